The van der Waals surface area contributed by atoms with Crippen molar-refractivity contribution in [1.29, 1.82) is 0 Å². The zero-order valence-electron chi connectivity index (χ0n) is 28.0. The van der Waals surface area contributed by atoms with Gasteiger partial charge in [-0.25, -0.2) is 15.0 Å². The van der Waals surface area contributed by atoms with Gasteiger partial charge >= 0.3 is 0 Å². The lowest BCUT2D eigenvalue weighted by Crippen LogP contribution is -1.97. The fourth-order valence-corrected chi connectivity index (χ4v) is 7.15. The van der Waals surface area contributed by atoms with Crippen molar-refractivity contribution < 1.29 is 4.42 Å². The van der Waals surface area contributed by atoms with Crippen molar-refractivity contribution in [1.82, 2.24) is 19.5 Å². The Morgan fingerprint density at radius 2 is 1.06 bits per heavy atom. The van der Waals surface area contributed by atoms with Crippen LogP contribution in [-0.2, 0) is 0 Å². The first-order valence-electron chi connectivity index (χ1n) is 17.4. The average Bonchev–Trinajstić information content (AvgIpc) is 3.80. The third-order valence-electron chi connectivity index (χ3n) is 9.65. The lowest BCUT2D eigenvalue weighted by Gasteiger charge is -2.11. The predicted molar refractivity (Wildman–Crippen MR) is 211 cm³/mol. The summed E-state index contributed by atoms with van der Waals surface area (Å²) in [6.45, 7) is 0. The zero-order valence-corrected chi connectivity index (χ0v) is 28.0. The molecule has 0 aliphatic heterocycles. The number of benzene rings is 7. The molecule has 0 bridgehead atoms. The van der Waals surface area contributed by atoms with Gasteiger partial charge in [-0.05, 0) is 59.7 Å². The van der Waals surface area contributed by atoms with Crippen LogP contribution in [0.3, 0.4) is 0 Å². The number of nitrogens with zero attached hydrogens (tertiary/aromatic N) is 4. The van der Waals surface area contributed by atoms with Crippen molar-refractivity contribution >= 4 is 33.0 Å². The predicted octanol–water partition coefficient (Wildman–Crippen LogP) is 12.0. The third-order valence-corrected chi connectivity index (χ3v) is 9.65. The highest BCUT2D eigenvalue weighted by Crippen LogP contribution is 2.40. The van der Waals surface area contributed by atoms with Crippen LogP contribution < -0.4 is 0 Å². The Bertz CT molecular complexity index is 2880. The highest BCUT2D eigenvalue weighted by atomic mass is 16.3. The van der Waals surface area contributed by atoms with Gasteiger partial charge in [-0.3, -0.25) is 4.57 Å². The fourth-order valence-electron chi connectivity index (χ4n) is 7.15. The Hall–Kier alpha value is -7.11. The second kappa shape index (κ2) is 12.3. The summed E-state index contributed by atoms with van der Waals surface area (Å²) in [4.78, 5) is 15.3. The molecule has 5 heteroatoms. The number of fused-ring (bicyclic) bond motifs is 4. The Morgan fingerprint density at radius 1 is 0.423 bits per heavy atom. The van der Waals surface area contributed by atoms with Crippen LogP contribution in [0.25, 0.3) is 95.1 Å². The molecule has 3 aromatic heterocycles. The number of furan rings is 1. The molecule has 0 fully saturated rings. The molecular formula is C47H30N4O. The molecule has 0 radical (unpaired) electrons. The van der Waals surface area contributed by atoms with Gasteiger partial charge in [0.2, 0.25) is 0 Å². The highest BCUT2D eigenvalue weighted by molar-refractivity contribution is 6.13. The number of imidazole rings is 1. The monoisotopic (exact) mass is 666 g/mol. The van der Waals surface area contributed by atoms with E-state index < -0.39 is 0 Å². The molecule has 0 atom stereocenters. The van der Waals surface area contributed by atoms with E-state index in [1.165, 1.54) is 5.56 Å². The van der Waals surface area contributed by atoms with Crippen LogP contribution in [-0.4, -0.2) is 19.5 Å². The van der Waals surface area contributed by atoms with Gasteiger partial charge < -0.3 is 4.42 Å². The standard InChI is InChI=1S/C47H30N4O/c1-4-13-31(14-5-1)32-23-25-33(26-24-32)40-30-41(49-46(48-40)34-15-6-2-7-16-34)37-19-12-22-43-45(37)38-28-27-35(29-44(38)52-43)47-50-39-20-10-11-21-42(39)51(47)36-17-8-3-9-18-36/h1-30H. The molecule has 7 aromatic carbocycles. The Labute approximate surface area is 300 Å². The molecule has 52 heavy (non-hydrogen) atoms. The van der Waals surface area contributed by atoms with Crippen LogP contribution >= 0.6 is 0 Å². The van der Waals surface area contributed by atoms with Crippen LogP contribution in [0.5, 0.6) is 0 Å². The molecule has 10 rings (SSSR count). The second-order valence-electron chi connectivity index (χ2n) is 12.9. The van der Waals surface area contributed by atoms with E-state index in [4.69, 9.17) is 19.4 Å². The first kappa shape index (κ1) is 29.8. The van der Waals surface area contributed by atoms with Crippen LogP contribution in [0, 0.1) is 0 Å². The second-order valence-corrected chi connectivity index (χ2v) is 12.9. The summed E-state index contributed by atoms with van der Waals surface area (Å²) in [5.74, 6) is 1.54. The molecular weight excluding hydrogens is 637 g/mol. The van der Waals surface area contributed by atoms with Crippen molar-refractivity contribution in [2.24, 2.45) is 0 Å². The lowest BCUT2D eigenvalue weighted by atomic mass is 9.99. The minimum atomic E-state index is 0.673. The van der Waals surface area contributed by atoms with E-state index in [-0.39, 0.29) is 0 Å². The number of rotatable bonds is 6. The molecule has 0 spiro atoms. The molecule has 10 aromatic rings. The van der Waals surface area contributed by atoms with E-state index in [0.29, 0.717) is 5.82 Å². The first-order chi connectivity index (χ1) is 25.8. The normalized spacial score (nSPS) is 11.5. The lowest BCUT2D eigenvalue weighted by molar-refractivity contribution is 0.669. The number of aromatic nitrogens is 4. The maximum absolute atomic E-state index is 6.60. The van der Waals surface area contributed by atoms with Crippen molar-refractivity contribution in [3.05, 3.63) is 182 Å². The molecule has 3 heterocycles. The van der Waals surface area contributed by atoms with Crippen LogP contribution in [0.1, 0.15) is 0 Å². The van der Waals surface area contributed by atoms with E-state index in [2.05, 4.69) is 138 Å². The van der Waals surface area contributed by atoms with Crippen molar-refractivity contribution in [2.45, 2.75) is 0 Å². The Balaban J connectivity index is 1.12. The van der Waals surface area contributed by atoms with Gasteiger partial charge in [0, 0.05) is 38.7 Å². The number of hydrogen-bond donors (Lipinski definition) is 0. The summed E-state index contributed by atoms with van der Waals surface area (Å²) in [5, 5.41) is 2.04. The van der Waals surface area contributed by atoms with Crippen molar-refractivity contribution in [3.8, 4) is 62.1 Å². The molecule has 0 aliphatic rings. The average molecular weight is 667 g/mol. The van der Waals surface area contributed by atoms with E-state index in [1.54, 1.807) is 0 Å². The van der Waals surface area contributed by atoms with Crippen molar-refractivity contribution in [3.63, 3.8) is 0 Å². The maximum Gasteiger partial charge on any atom is 0.160 e. The zero-order chi connectivity index (χ0) is 34.4. The summed E-state index contributed by atoms with van der Waals surface area (Å²) >= 11 is 0. The Kier molecular flexibility index (Phi) is 7.07. The van der Waals surface area contributed by atoms with Gasteiger partial charge in [0.15, 0.2) is 5.82 Å². The maximum atomic E-state index is 6.60. The van der Waals surface area contributed by atoms with Gasteiger partial charge in [0.1, 0.15) is 17.0 Å². The summed E-state index contributed by atoms with van der Waals surface area (Å²) < 4.78 is 8.81. The molecule has 0 saturated carbocycles. The van der Waals surface area contributed by atoms with Gasteiger partial charge in [-0.2, -0.15) is 0 Å². The third kappa shape index (κ3) is 5.15. The first-order valence-corrected chi connectivity index (χ1v) is 17.4. The molecule has 5 nitrogen and oxygen atoms in total. The van der Waals surface area contributed by atoms with E-state index >= 15 is 0 Å². The van der Waals surface area contributed by atoms with Gasteiger partial charge in [-0.1, -0.05) is 133 Å². The van der Waals surface area contributed by atoms with Crippen LogP contribution in [0.2, 0.25) is 0 Å². The molecule has 0 aliphatic carbocycles. The minimum absolute atomic E-state index is 0.673. The van der Waals surface area contributed by atoms with Crippen LogP contribution in [0.4, 0.5) is 0 Å². The Morgan fingerprint density at radius 3 is 1.85 bits per heavy atom. The smallest absolute Gasteiger partial charge is 0.160 e. The summed E-state index contributed by atoms with van der Waals surface area (Å²) in [7, 11) is 0. The van der Waals surface area contributed by atoms with Gasteiger partial charge in [0.25, 0.3) is 0 Å². The highest BCUT2D eigenvalue weighted by Gasteiger charge is 2.19. The minimum Gasteiger partial charge on any atom is -0.456 e. The largest absolute Gasteiger partial charge is 0.456 e. The van der Waals surface area contributed by atoms with Crippen molar-refractivity contribution in [2.75, 3.05) is 0 Å². The summed E-state index contributed by atoms with van der Waals surface area (Å²) in [6, 6.07) is 62.5. The summed E-state index contributed by atoms with van der Waals surface area (Å²) in [6.07, 6.45) is 0. The quantitative estimate of drug-likeness (QED) is 0.177. The van der Waals surface area contributed by atoms with E-state index in [0.717, 1.165) is 83.7 Å². The van der Waals surface area contributed by atoms with Gasteiger partial charge in [-0.15, -0.1) is 0 Å². The number of para-hydroxylation sites is 3. The number of hydrogen-bond acceptors (Lipinski definition) is 4. The fraction of sp³-hybridized carbons (Fsp3) is 0. The SMILES string of the molecule is c1ccc(-c2ccc(-c3cc(-c4cccc5oc6cc(-c7nc8ccccc8n7-c7ccccc7)ccc6c45)nc(-c4ccccc4)n3)cc2)cc1. The van der Waals surface area contributed by atoms with E-state index in [1.807, 2.05) is 48.5 Å². The molecule has 0 N–H and O–H groups in total. The molecule has 0 amide bonds. The molecule has 244 valence electrons. The van der Waals surface area contributed by atoms with Crippen LogP contribution in [0.15, 0.2) is 186 Å². The summed E-state index contributed by atoms with van der Waals surface area (Å²) in [5.41, 5.74) is 12.6. The van der Waals surface area contributed by atoms with E-state index in [9.17, 15) is 0 Å². The molecule has 0 saturated heterocycles. The molecule has 0 unspecified atom stereocenters. The van der Waals surface area contributed by atoms with Gasteiger partial charge in [0.05, 0.1) is 22.4 Å². The topological polar surface area (TPSA) is 56.7 Å².